The van der Waals surface area contributed by atoms with Crippen LogP contribution in [-0.2, 0) is 9.59 Å². The molecule has 2 N–H and O–H groups in total. The van der Waals surface area contributed by atoms with Crippen molar-refractivity contribution in [3.8, 4) is 0 Å². The van der Waals surface area contributed by atoms with Crippen LogP contribution in [0.2, 0.25) is 0 Å². The first-order chi connectivity index (χ1) is 20.3. The van der Waals surface area contributed by atoms with Gasteiger partial charge in [-0.05, 0) is 51.4 Å². The van der Waals surface area contributed by atoms with E-state index in [1.807, 2.05) is 0 Å². The Bertz CT molecular complexity index is 512. The Hall–Kier alpha value is -0.218. The van der Waals surface area contributed by atoms with Crippen LogP contribution in [0.3, 0.4) is 0 Å². The summed E-state index contributed by atoms with van der Waals surface area (Å²) in [5.41, 5.74) is 0. The minimum Gasteiger partial charge on any atom is -0.550 e. The normalized spacial score (nSPS) is 12.2. The molecule has 0 aromatic carbocycles. The molecule has 0 aromatic heterocycles. The minimum absolute atomic E-state index is 0. The molecule has 6 nitrogen and oxygen atoms in total. The summed E-state index contributed by atoms with van der Waals surface area (Å²) in [5, 5.41) is 40.2. The number of carbonyl (C=O) groups is 2. The minimum atomic E-state index is -0.944. The molecule has 0 fully saturated rings. The fourth-order valence-electron chi connectivity index (χ4n) is 5.32. The Morgan fingerprint density at radius 1 is 0.419 bits per heavy atom. The van der Waals surface area contributed by atoms with Crippen molar-refractivity contribution in [3.05, 3.63) is 0 Å². The fraction of sp³-hybridized carbons (Fsp3) is 0.944. The van der Waals surface area contributed by atoms with E-state index in [0.29, 0.717) is 0 Å². The topological polar surface area (TPSA) is 121 Å². The Labute approximate surface area is 286 Å². The molecule has 0 bridgehead atoms. The van der Waals surface area contributed by atoms with Crippen molar-refractivity contribution < 1.29 is 30.0 Å². The van der Waals surface area contributed by atoms with Gasteiger partial charge in [0.2, 0.25) is 0 Å². The van der Waals surface area contributed by atoms with Gasteiger partial charge in [-0.3, -0.25) is 0 Å². The van der Waals surface area contributed by atoms with Crippen molar-refractivity contribution in [2.45, 2.75) is 219 Å². The summed E-state index contributed by atoms with van der Waals surface area (Å²) in [6, 6.07) is 0. The predicted molar refractivity (Wildman–Crippen MR) is 178 cm³/mol. The second-order valence-corrected chi connectivity index (χ2v) is 12.5. The first kappa shape index (κ1) is 47.2. The van der Waals surface area contributed by atoms with E-state index in [4.69, 9.17) is 0 Å². The molecule has 0 heterocycles. The van der Waals surface area contributed by atoms with Crippen LogP contribution in [0.1, 0.15) is 206 Å². The Morgan fingerprint density at radius 2 is 0.628 bits per heavy atom. The van der Waals surface area contributed by atoms with Crippen molar-refractivity contribution in [3.63, 3.8) is 0 Å². The molecule has 43 heavy (non-hydrogen) atoms. The van der Waals surface area contributed by atoms with Gasteiger partial charge < -0.3 is 30.0 Å². The van der Waals surface area contributed by atoms with Crippen LogP contribution in [0.4, 0.5) is 0 Å². The number of carbonyl (C=O) groups excluding carboxylic acids is 2. The molecule has 0 aliphatic rings. The summed E-state index contributed by atoms with van der Waals surface area (Å²) in [6.07, 6.45) is 31.7. The number of aliphatic carboxylic acids is 2. The van der Waals surface area contributed by atoms with E-state index in [2.05, 4.69) is 13.8 Å². The summed E-state index contributed by atoms with van der Waals surface area (Å²) in [7, 11) is 0. The fourth-order valence-corrected chi connectivity index (χ4v) is 5.32. The van der Waals surface area contributed by atoms with Gasteiger partial charge in [-0.1, -0.05) is 155 Å². The summed E-state index contributed by atoms with van der Waals surface area (Å²) >= 11 is 0. The molecular weight excluding hydrogens is 736 g/mol. The average Bonchev–Trinajstić information content (AvgIpc) is 2.95. The molecule has 2 radical (unpaired) electrons. The van der Waals surface area contributed by atoms with Crippen LogP contribution < -0.4 is 10.2 Å². The van der Waals surface area contributed by atoms with Crippen LogP contribution in [-0.4, -0.2) is 61.7 Å². The van der Waals surface area contributed by atoms with Crippen molar-refractivity contribution in [1.29, 1.82) is 0 Å². The Balaban J connectivity index is -0.000000727. The maximum Gasteiger partial charge on any atom is 2.00 e. The van der Waals surface area contributed by atoms with E-state index < -0.39 is 11.9 Å². The summed E-state index contributed by atoms with van der Waals surface area (Å²) in [6.45, 7) is 4.47. The first-order valence-corrected chi connectivity index (χ1v) is 18.1. The van der Waals surface area contributed by atoms with Crippen LogP contribution >= 0.6 is 0 Å². The maximum atomic E-state index is 10.2. The molecule has 0 aromatic rings. The molecule has 0 rings (SSSR count). The maximum absolute atomic E-state index is 10.2. The van der Waals surface area contributed by atoms with Gasteiger partial charge in [0.15, 0.2) is 0 Å². The zero-order valence-corrected chi connectivity index (χ0v) is 32.3. The molecule has 0 spiro atoms. The SMILES string of the molecule is CCCCCCCCCC(O)CCCCCCCC(=O)[O-].CCCCCCCCCC(O)CCCCCCCC(=O)[O-].[Pb+2]. The largest absolute Gasteiger partial charge is 2.00 e. The second-order valence-electron chi connectivity index (χ2n) is 12.5. The molecule has 0 saturated heterocycles. The van der Waals surface area contributed by atoms with Gasteiger partial charge >= 0.3 is 27.3 Å². The van der Waals surface area contributed by atoms with Crippen molar-refractivity contribution in [2.24, 2.45) is 0 Å². The van der Waals surface area contributed by atoms with Crippen molar-refractivity contribution >= 4 is 39.2 Å². The van der Waals surface area contributed by atoms with Crippen molar-refractivity contribution in [1.82, 2.24) is 0 Å². The van der Waals surface area contributed by atoms with Crippen LogP contribution in [0.15, 0.2) is 0 Å². The second kappa shape index (κ2) is 39.8. The molecule has 0 amide bonds. The number of hydrogen-bond acceptors (Lipinski definition) is 6. The van der Waals surface area contributed by atoms with Gasteiger partial charge in [0, 0.05) is 11.9 Å². The van der Waals surface area contributed by atoms with Gasteiger partial charge in [-0.25, -0.2) is 0 Å². The Kier molecular flexibility index (Phi) is 43.7. The number of aliphatic hydroxyl groups excluding tert-OH is 2. The van der Waals surface area contributed by atoms with E-state index in [1.165, 1.54) is 77.0 Å². The van der Waals surface area contributed by atoms with Gasteiger partial charge in [-0.15, -0.1) is 0 Å². The number of unbranched alkanes of at least 4 members (excludes halogenated alkanes) is 20. The third-order valence-electron chi connectivity index (χ3n) is 8.12. The molecule has 2 atom stereocenters. The molecule has 0 aliphatic heterocycles. The smallest absolute Gasteiger partial charge is 0.550 e. The molecule has 7 heteroatoms. The van der Waals surface area contributed by atoms with Crippen LogP contribution in [0, 0.1) is 0 Å². The standard InChI is InChI=1S/2C18H36O3.Pb/c2*1-2-3-4-5-6-8-11-14-17(19)15-12-9-7-10-13-16-18(20)21;/h2*17,19H,2-16H2,1H3,(H,20,21);/q;;+2/p-2. The number of rotatable bonds is 32. The molecule has 2 unspecified atom stereocenters. The summed E-state index contributed by atoms with van der Waals surface area (Å²) < 4.78 is 0. The summed E-state index contributed by atoms with van der Waals surface area (Å²) in [5.74, 6) is -1.89. The monoisotopic (exact) mass is 806 g/mol. The zero-order chi connectivity index (χ0) is 31.5. The molecule has 0 saturated carbocycles. The number of hydrogen-bond donors (Lipinski definition) is 2. The van der Waals surface area contributed by atoms with E-state index >= 15 is 0 Å². The van der Waals surface area contributed by atoms with Gasteiger partial charge in [0.1, 0.15) is 0 Å². The van der Waals surface area contributed by atoms with E-state index in [0.717, 1.165) is 103 Å². The van der Waals surface area contributed by atoms with Gasteiger partial charge in [-0.2, -0.15) is 0 Å². The molecule has 254 valence electrons. The van der Waals surface area contributed by atoms with Crippen LogP contribution in [0.25, 0.3) is 0 Å². The van der Waals surface area contributed by atoms with E-state index in [-0.39, 0.29) is 52.3 Å². The predicted octanol–water partition coefficient (Wildman–Crippen LogP) is 7.56. The average molecular weight is 806 g/mol. The molecular formula is C36H70O6Pb. The number of carboxylic acids is 2. The zero-order valence-electron chi connectivity index (χ0n) is 28.4. The first-order valence-electron chi connectivity index (χ1n) is 18.1. The third kappa shape index (κ3) is 46.3. The number of aliphatic hydroxyl groups is 2. The van der Waals surface area contributed by atoms with E-state index in [9.17, 15) is 30.0 Å². The van der Waals surface area contributed by atoms with Crippen molar-refractivity contribution in [2.75, 3.05) is 0 Å². The molecule has 0 aliphatic carbocycles. The third-order valence-corrected chi connectivity index (χ3v) is 8.12. The van der Waals surface area contributed by atoms with Gasteiger partial charge in [0.05, 0.1) is 12.2 Å². The summed E-state index contributed by atoms with van der Waals surface area (Å²) in [4.78, 5) is 20.5. The Morgan fingerprint density at radius 3 is 0.860 bits per heavy atom. The van der Waals surface area contributed by atoms with Gasteiger partial charge in [0.25, 0.3) is 0 Å². The van der Waals surface area contributed by atoms with E-state index in [1.54, 1.807) is 0 Å². The number of carboxylic acid groups (broad SMARTS) is 2. The quantitative estimate of drug-likeness (QED) is 0.0535. The van der Waals surface area contributed by atoms with Crippen LogP contribution in [0.5, 0.6) is 0 Å².